The highest BCUT2D eigenvalue weighted by Crippen LogP contribution is 2.33. The highest BCUT2D eigenvalue weighted by atomic mass is 16.7. The van der Waals surface area contributed by atoms with Gasteiger partial charge in [-0.25, -0.2) is 4.98 Å². The van der Waals surface area contributed by atoms with Gasteiger partial charge in [-0.15, -0.1) is 0 Å². The Balaban J connectivity index is 1.06. The maximum atomic E-state index is 12.7. The number of hydrogen-bond acceptors (Lipinski definition) is 7. The second-order valence-corrected chi connectivity index (χ2v) is 8.90. The molecule has 4 heterocycles. The minimum atomic E-state index is 0.274. The van der Waals surface area contributed by atoms with E-state index in [1.165, 1.54) is 18.3 Å². The Hall–Kier alpha value is -2.65. The third-order valence-electron chi connectivity index (χ3n) is 6.76. The minimum absolute atomic E-state index is 0.274. The highest BCUT2D eigenvalue weighted by Gasteiger charge is 2.30. The van der Waals surface area contributed by atoms with Gasteiger partial charge in [-0.05, 0) is 37.0 Å². The van der Waals surface area contributed by atoms with Crippen LogP contribution in [0, 0.1) is 0 Å². The minimum Gasteiger partial charge on any atom is -0.454 e. The van der Waals surface area contributed by atoms with Crippen LogP contribution in [-0.2, 0) is 17.9 Å². The topological polar surface area (TPSA) is 76.0 Å². The van der Waals surface area contributed by atoms with Crippen LogP contribution in [0.4, 0.5) is 0 Å². The van der Waals surface area contributed by atoms with Gasteiger partial charge in [-0.1, -0.05) is 6.07 Å². The van der Waals surface area contributed by atoms with Crippen molar-refractivity contribution in [2.45, 2.75) is 44.8 Å². The summed E-state index contributed by atoms with van der Waals surface area (Å²) in [5, 5.41) is 4.10. The molecule has 1 amide bonds. The third-order valence-corrected chi connectivity index (χ3v) is 6.76. The van der Waals surface area contributed by atoms with E-state index in [0.717, 1.165) is 76.7 Å². The number of carbonyl (C=O) groups is 1. The molecule has 0 saturated carbocycles. The molecule has 1 unspecified atom stereocenters. The lowest BCUT2D eigenvalue weighted by Crippen LogP contribution is -2.55. The van der Waals surface area contributed by atoms with Crippen LogP contribution < -0.4 is 9.47 Å². The number of amides is 1. The summed E-state index contributed by atoms with van der Waals surface area (Å²) in [6, 6.07) is 6.72. The largest absolute Gasteiger partial charge is 0.454 e. The molecule has 9 heteroatoms. The number of carbonyl (C=O) groups excluding carboxylic acids is 1. The SMILES string of the molecule is O=C(CCCn1cncn1)N1CCCC(N2CCN(Cc3ccc4c(c3)OCO4)CC2)C1. The van der Waals surface area contributed by atoms with Crippen molar-refractivity contribution in [1.29, 1.82) is 0 Å². The van der Waals surface area contributed by atoms with Crippen LogP contribution >= 0.6 is 0 Å². The van der Waals surface area contributed by atoms with Crippen molar-refractivity contribution in [2.24, 2.45) is 0 Å². The number of likely N-dealkylation sites (tertiary alicyclic amines) is 1. The standard InChI is InChI=1S/C23H32N6O3/c30-23(4-2-8-29-17-24-16-25-29)28-7-1-3-20(15-28)27-11-9-26(10-12-27)14-19-5-6-21-22(13-19)32-18-31-21/h5-6,13,16-17,20H,1-4,7-12,14-15,18H2. The first-order chi connectivity index (χ1) is 15.7. The van der Waals surface area contributed by atoms with Crippen LogP contribution in [0.15, 0.2) is 30.9 Å². The number of piperidine rings is 1. The number of nitrogens with zero attached hydrogens (tertiary/aromatic N) is 6. The summed E-state index contributed by atoms with van der Waals surface area (Å²) in [5.74, 6) is 1.97. The van der Waals surface area contributed by atoms with Gasteiger partial charge in [0, 0.05) is 64.8 Å². The average Bonchev–Trinajstić information content (AvgIpc) is 3.51. The molecule has 1 atom stereocenters. The molecular formula is C23H32N6O3. The lowest BCUT2D eigenvalue weighted by molar-refractivity contribution is -0.133. The fraction of sp³-hybridized carbons (Fsp3) is 0.609. The number of piperazine rings is 1. The van der Waals surface area contributed by atoms with Gasteiger partial charge in [-0.2, -0.15) is 5.10 Å². The van der Waals surface area contributed by atoms with E-state index in [-0.39, 0.29) is 5.91 Å². The van der Waals surface area contributed by atoms with Gasteiger partial charge in [0.2, 0.25) is 12.7 Å². The quantitative estimate of drug-likeness (QED) is 0.647. The number of fused-ring (bicyclic) bond motifs is 1. The second-order valence-electron chi connectivity index (χ2n) is 8.90. The Morgan fingerprint density at radius 1 is 1.09 bits per heavy atom. The Morgan fingerprint density at radius 3 is 2.81 bits per heavy atom. The highest BCUT2D eigenvalue weighted by molar-refractivity contribution is 5.76. The maximum Gasteiger partial charge on any atom is 0.231 e. The van der Waals surface area contributed by atoms with Crippen LogP contribution in [-0.4, -0.2) is 87.5 Å². The van der Waals surface area contributed by atoms with Crippen molar-refractivity contribution in [1.82, 2.24) is 29.5 Å². The Labute approximate surface area is 188 Å². The van der Waals surface area contributed by atoms with Crippen LogP contribution in [0.2, 0.25) is 0 Å². The molecule has 2 aromatic rings. The molecule has 5 rings (SSSR count). The predicted octanol–water partition coefficient (Wildman–Crippen LogP) is 1.60. The van der Waals surface area contributed by atoms with Gasteiger partial charge in [0.05, 0.1) is 0 Å². The zero-order valence-electron chi connectivity index (χ0n) is 18.6. The fourth-order valence-corrected chi connectivity index (χ4v) is 4.96. The monoisotopic (exact) mass is 440 g/mol. The fourth-order valence-electron chi connectivity index (χ4n) is 4.96. The second kappa shape index (κ2) is 9.87. The van der Waals surface area contributed by atoms with Crippen LogP contribution in [0.5, 0.6) is 11.5 Å². The number of aryl methyl sites for hydroxylation is 1. The lowest BCUT2D eigenvalue weighted by atomic mass is 10.0. The van der Waals surface area contributed by atoms with Crippen LogP contribution in [0.3, 0.4) is 0 Å². The molecule has 2 fully saturated rings. The van der Waals surface area contributed by atoms with E-state index < -0.39 is 0 Å². The van der Waals surface area contributed by atoms with Crippen molar-refractivity contribution >= 4 is 5.91 Å². The molecule has 0 aliphatic carbocycles. The van der Waals surface area contributed by atoms with Crippen molar-refractivity contribution in [3.05, 3.63) is 36.4 Å². The number of hydrogen-bond donors (Lipinski definition) is 0. The number of benzene rings is 1. The molecule has 0 spiro atoms. The van der Waals surface area contributed by atoms with Crippen molar-refractivity contribution in [2.75, 3.05) is 46.1 Å². The zero-order valence-corrected chi connectivity index (χ0v) is 18.6. The van der Waals surface area contributed by atoms with Gasteiger partial charge in [0.25, 0.3) is 0 Å². The Kier molecular flexibility index (Phi) is 6.54. The molecule has 3 aliphatic rings. The van der Waals surface area contributed by atoms with E-state index in [1.54, 1.807) is 11.0 Å². The van der Waals surface area contributed by atoms with E-state index in [9.17, 15) is 4.79 Å². The van der Waals surface area contributed by atoms with E-state index in [4.69, 9.17) is 9.47 Å². The van der Waals surface area contributed by atoms with Gasteiger partial charge >= 0.3 is 0 Å². The summed E-state index contributed by atoms with van der Waals surface area (Å²) in [6.07, 6.45) is 6.90. The molecule has 9 nitrogen and oxygen atoms in total. The first-order valence-electron chi connectivity index (χ1n) is 11.7. The summed E-state index contributed by atoms with van der Waals surface area (Å²) in [5.41, 5.74) is 1.27. The number of ether oxygens (including phenoxy) is 2. The zero-order chi connectivity index (χ0) is 21.8. The molecule has 1 aromatic carbocycles. The number of aromatic nitrogens is 3. The molecular weight excluding hydrogens is 408 g/mol. The molecule has 2 saturated heterocycles. The first-order valence-corrected chi connectivity index (χ1v) is 11.7. The molecule has 0 N–H and O–H groups in total. The van der Waals surface area contributed by atoms with Gasteiger partial charge in [0.15, 0.2) is 11.5 Å². The molecule has 0 radical (unpaired) electrons. The van der Waals surface area contributed by atoms with Crippen molar-refractivity contribution < 1.29 is 14.3 Å². The average molecular weight is 441 g/mol. The lowest BCUT2D eigenvalue weighted by Gasteiger charge is -2.43. The molecule has 32 heavy (non-hydrogen) atoms. The maximum absolute atomic E-state index is 12.7. The number of rotatable bonds is 7. The van der Waals surface area contributed by atoms with E-state index in [0.29, 0.717) is 19.3 Å². The van der Waals surface area contributed by atoms with Crippen molar-refractivity contribution in [3.63, 3.8) is 0 Å². The molecule has 3 aliphatic heterocycles. The van der Waals surface area contributed by atoms with Gasteiger partial charge in [0.1, 0.15) is 12.7 Å². The summed E-state index contributed by atoms with van der Waals surface area (Å²) in [7, 11) is 0. The van der Waals surface area contributed by atoms with Crippen LogP contribution in [0.25, 0.3) is 0 Å². The molecule has 0 bridgehead atoms. The Morgan fingerprint density at radius 2 is 1.97 bits per heavy atom. The third kappa shape index (κ3) is 5.05. The van der Waals surface area contributed by atoms with Crippen LogP contribution in [0.1, 0.15) is 31.2 Å². The van der Waals surface area contributed by atoms with E-state index in [2.05, 4.69) is 36.9 Å². The summed E-state index contributed by atoms with van der Waals surface area (Å²) in [4.78, 5) is 23.8. The Bertz CT molecular complexity index is 897. The summed E-state index contributed by atoms with van der Waals surface area (Å²) < 4.78 is 12.7. The molecule has 172 valence electrons. The summed E-state index contributed by atoms with van der Waals surface area (Å²) >= 11 is 0. The predicted molar refractivity (Wildman–Crippen MR) is 118 cm³/mol. The van der Waals surface area contributed by atoms with E-state index >= 15 is 0 Å². The normalized spacial score (nSPS) is 21.8. The summed E-state index contributed by atoms with van der Waals surface area (Å²) in [6.45, 7) is 7.98. The van der Waals surface area contributed by atoms with Gasteiger partial charge in [-0.3, -0.25) is 19.3 Å². The first kappa shape index (κ1) is 21.2. The van der Waals surface area contributed by atoms with Gasteiger partial charge < -0.3 is 14.4 Å². The van der Waals surface area contributed by atoms with Crippen molar-refractivity contribution in [3.8, 4) is 11.5 Å². The smallest absolute Gasteiger partial charge is 0.231 e. The molecule has 1 aromatic heterocycles. The van der Waals surface area contributed by atoms with E-state index in [1.807, 2.05) is 6.07 Å².